The van der Waals surface area contributed by atoms with Crippen LogP contribution >= 0.6 is 0 Å². The molecule has 0 spiro atoms. The van der Waals surface area contributed by atoms with Crippen molar-refractivity contribution in [3.63, 3.8) is 0 Å². The first-order valence-electron chi connectivity index (χ1n) is 4.19. The molecule has 1 aromatic heterocycles. The molecule has 1 atom stereocenters. The maximum absolute atomic E-state index is 8.83. The summed E-state index contributed by atoms with van der Waals surface area (Å²) in [5.74, 6) is 0.199. The lowest BCUT2D eigenvalue weighted by atomic mass is 10.1. The van der Waals surface area contributed by atoms with E-state index in [9.17, 15) is 0 Å². The van der Waals surface area contributed by atoms with Crippen molar-refractivity contribution in [3.05, 3.63) is 11.3 Å². The predicted octanol–water partition coefficient (Wildman–Crippen LogP) is 0.376. The van der Waals surface area contributed by atoms with Gasteiger partial charge < -0.3 is 10.6 Å². The van der Waals surface area contributed by atoms with Gasteiger partial charge in [-0.15, -0.1) is 0 Å². The molecule has 6 heteroatoms. The fourth-order valence-corrected chi connectivity index (χ4v) is 1.33. The minimum atomic E-state index is 0.0427. The van der Waals surface area contributed by atoms with Gasteiger partial charge in [0, 0.05) is 6.42 Å². The Morgan fingerprint density at radius 1 is 1.71 bits per heavy atom. The number of H-pyrrole nitrogens is 1. The summed E-state index contributed by atoms with van der Waals surface area (Å²) >= 11 is 0. The van der Waals surface area contributed by atoms with Crippen LogP contribution in [0.1, 0.15) is 24.6 Å². The van der Waals surface area contributed by atoms with Gasteiger partial charge in [0.05, 0.1) is 0 Å². The molecular weight excluding hydrogens is 182 g/mol. The highest BCUT2D eigenvalue weighted by Crippen LogP contribution is 2.19. The average Bonchev–Trinajstić information content (AvgIpc) is 2.71. The Labute approximate surface area is 80.3 Å². The number of nitrogens with two attached hydrogens (primary N) is 1. The van der Waals surface area contributed by atoms with Gasteiger partial charge in [0.1, 0.15) is 29.1 Å². The lowest BCUT2D eigenvalue weighted by Gasteiger charge is -1.95. The molecule has 1 unspecified atom stereocenters. The molecule has 0 saturated heterocycles. The van der Waals surface area contributed by atoms with Crippen molar-refractivity contribution in [2.45, 2.75) is 19.4 Å². The summed E-state index contributed by atoms with van der Waals surface area (Å²) in [4.78, 5) is 5.02. The Hall–Kier alpha value is -2.03. The molecule has 6 nitrogen and oxygen atoms in total. The number of nitrogens with zero attached hydrogens (tertiary/aromatic N) is 3. The zero-order valence-corrected chi connectivity index (χ0v) is 7.61. The molecule has 0 saturated carbocycles. The summed E-state index contributed by atoms with van der Waals surface area (Å²) in [6.45, 7) is 1.91. The van der Waals surface area contributed by atoms with Crippen LogP contribution < -0.4 is 5.73 Å². The quantitative estimate of drug-likeness (QED) is 0.669. The molecule has 0 fully saturated rings. The van der Waals surface area contributed by atoms with Crippen molar-refractivity contribution in [2.24, 2.45) is 5.16 Å². The molecule has 3 N–H and O–H groups in total. The van der Waals surface area contributed by atoms with Gasteiger partial charge >= 0.3 is 0 Å². The Kier molecular flexibility index (Phi) is 1.85. The molecule has 0 amide bonds. The Morgan fingerprint density at radius 2 is 2.50 bits per heavy atom. The molecule has 14 heavy (non-hydrogen) atoms. The number of rotatable bonds is 1. The van der Waals surface area contributed by atoms with Crippen molar-refractivity contribution >= 4 is 11.5 Å². The second-order valence-electron chi connectivity index (χ2n) is 3.13. The second-order valence-corrected chi connectivity index (χ2v) is 3.13. The fraction of sp³-hybridized carbons (Fsp3) is 0.375. The highest BCUT2D eigenvalue weighted by molar-refractivity contribution is 6.02. The van der Waals surface area contributed by atoms with Crippen molar-refractivity contribution in [2.75, 3.05) is 5.73 Å². The van der Waals surface area contributed by atoms with Crippen LogP contribution in [0, 0.1) is 11.3 Å². The van der Waals surface area contributed by atoms with Crippen LogP contribution in [0.4, 0.5) is 5.82 Å². The molecule has 1 aromatic rings. The van der Waals surface area contributed by atoms with Crippen LogP contribution in [0.25, 0.3) is 0 Å². The highest BCUT2D eigenvalue weighted by atomic mass is 16.6. The van der Waals surface area contributed by atoms with Crippen LogP contribution in [0.2, 0.25) is 0 Å². The number of anilines is 1. The van der Waals surface area contributed by atoms with Crippen LogP contribution in [-0.2, 0) is 4.84 Å². The SMILES string of the molecule is CC1CC(c2[nH]nc(N)c2C#N)=NO1. The highest BCUT2D eigenvalue weighted by Gasteiger charge is 2.23. The van der Waals surface area contributed by atoms with E-state index in [4.69, 9.17) is 15.8 Å². The zero-order valence-electron chi connectivity index (χ0n) is 7.61. The van der Waals surface area contributed by atoms with Crippen LogP contribution in [-0.4, -0.2) is 22.0 Å². The number of aromatic amines is 1. The molecule has 1 aliphatic rings. The van der Waals surface area contributed by atoms with Gasteiger partial charge in [-0.25, -0.2) is 0 Å². The maximum Gasteiger partial charge on any atom is 0.163 e. The van der Waals surface area contributed by atoms with E-state index in [0.29, 0.717) is 23.4 Å². The van der Waals surface area contributed by atoms with Crippen LogP contribution in [0.5, 0.6) is 0 Å². The van der Waals surface area contributed by atoms with Crippen LogP contribution in [0.15, 0.2) is 5.16 Å². The Morgan fingerprint density at radius 3 is 3.07 bits per heavy atom. The van der Waals surface area contributed by atoms with E-state index in [0.717, 1.165) is 0 Å². The zero-order chi connectivity index (χ0) is 10.1. The monoisotopic (exact) mass is 191 g/mol. The summed E-state index contributed by atoms with van der Waals surface area (Å²) in [5.41, 5.74) is 7.09. The number of hydrogen-bond acceptors (Lipinski definition) is 5. The number of nitrogen functional groups attached to an aromatic ring is 1. The molecule has 72 valence electrons. The van der Waals surface area contributed by atoms with Gasteiger partial charge in [-0.1, -0.05) is 5.16 Å². The lowest BCUT2D eigenvalue weighted by molar-refractivity contribution is 0.0995. The largest absolute Gasteiger partial charge is 0.392 e. The number of nitriles is 1. The third-order valence-corrected chi connectivity index (χ3v) is 2.02. The predicted molar refractivity (Wildman–Crippen MR) is 49.4 cm³/mol. The first-order valence-corrected chi connectivity index (χ1v) is 4.19. The van der Waals surface area contributed by atoms with Crippen molar-refractivity contribution < 1.29 is 4.84 Å². The van der Waals surface area contributed by atoms with Gasteiger partial charge in [-0.2, -0.15) is 10.4 Å². The summed E-state index contributed by atoms with van der Waals surface area (Å²) < 4.78 is 0. The van der Waals surface area contributed by atoms with Crippen molar-refractivity contribution in [1.29, 1.82) is 5.26 Å². The van der Waals surface area contributed by atoms with E-state index in [1.165, 1.54) is 0 Å². The normalized spacial score (nSPS) is 20.0. The van der Waals surface area contributed by atoms with Gasteiger partial charge in [0.15, 0.2) is 5.82 Å². The van der Waals surface area contributed by atoms with E-state index < -0.39 is 0 Å². The van der Waals surface area contributed by atoms with Gasteiger partial charge in [-0.05, 0) is 6.92 Å². The molecule has 1 aliphatic heterocycles. The first kappa shape index (κ1) is 8.56. The van der Waals surface area contributed by atoms with E-state index in [2.05, 4.69) is 15.4 Å². The topological polar surface area (TPSA) is 100 Å². The minimum Gasteiger partial charge on any atom is -0.392 e. The molecule has 0 bridgehead atoms. The summed E-state index contributed by atoms with van der Waals surface area (Å²) in [5, 5.41) is 19.1. The third-order valence-electron chi connectivity index (χ3n) is 2.02. The van der Waals surface area contributed by atoms with E-state index >= 15 is 0 Å². The maximum atomic E-state index is 8.83. The number of aromatic nitrogens is 2. The van der Waals surface area contributed by atoms with Gasteiger partial charge in [-0.3, -0.25) is 5.10 Å². The van der Waals surface area contributed by atoms with Gasteiger partial charge in [0.2, 0.25) is 0 Å². The molecule has 2 rings (SSSR count). The Balaban J connectivity index is 2.39. The number of hydrogen-bond donors (Lipinski definition) is 2. The molecule has 2 heterocycles. The van der Waals surface area contributed by atoms with Crippen molar-refractivity contribution in [1.82, 2.24) is 10.2 Å². The smallest absolute Gasteiger partial charge is 0.163 e. The van der Waals surface area contributed by atoms with E-state index in [1.807, 2.05) is 13.0 Å². The summed E-state index contributed by atoms with van der Waals surface area (Å²) in [6.07, 6.45) is 0.706. The molecule has 0 aliphatic carbocycles. The van der Waals surface area contributed by atoms with E-state index in [-0.39, 0.29) is 11.9 Å². The molecule has 0 radical (unpaired) electrons. The summed E-state index contributed by atoms with van der Waals surface area (Å²) in [6, 6.07) is 1.98. The first-order chi connectivity index (χ1) is 6.72. The van der Waals surface area contributed by atoms with Crippen molar-refractivity contribution in [3.8, 4) is 6.07 Å². The number of oxime groups is 1. The van der Waals surface area contributed by atoms with Crippen LogP contribution in [0.3, 0.4) is 0 Å². The fourth-order valence-electron chi connectivity index (χ4n) is 1.33. The Bertz CT molecular complexity index is 427. The van der Waals surface area contributed by atoms with Gasteiger partial charge in [0.25, 0.3) is 0 Å². The standard InChI is InChI=1S/C8H9N5O/c1-4-2-6(13-14-4)7-5(3-9)8(10)12-11-7/h4H,2H2,1H3,(H3,10,11,12). The summed E-state index contributed by atoms with van der Waals surface area (Å²) in [7, 11) is 0. The molecule has 0 aromatic carbocycles. The number of nitrogens with one attached hydrogen (secondary N) is 1. The van der Waals surface area contributed by atoms with E-state index in [1.54, 1.807) is 0 Å². The average molecular weight is 191 g/mol. The second kappa shape index (κ2) is 3.03. The molecular formula is C8H9N5O. The lowest BCUT2D eigenvalue weighted by Crippen LogP contribution is -2.05. The third kappa shape index (κ3) is 1.19. The minimum absolute atomic E-state index is 0.0427.